The van der Waals surface area contributed by atoms with Crippen LogP contribution in [0.2, 0.25) is 0 Å². The Morgan fingerprint density at radius 1 is 1.09 bits per heavy atom. The highest BCUT2D eigenvalue weighted by atomic mass is 32.2. The molecule has 10 nitrogen and oxygen atoms in total. The second kappa shape index (κ2) is 9.45. The average Bonchev–Trinajstić information content (AvgIpc) is 3.35. The molecular weight excluding hydrogens is 462 g/mol. The number of rotatable bonds is 7. The smallest absolute Gasteiger partial charge is 0.225 e. The standard InChI is InChI=1S/C21H27N7O3S2/c29-16-5-3-13(4-6-16)24-20-25-15(11-23-14-7-9-33(30,31)12-14)10-18(27-20)28-21-26-17-2-1-8-22-19(17)32-21/h1-2,8,10,13-14,16,23,29H,3-7,9,11-12H2,(H2,24,25,26,27,28)/t13-,14?,16-. The zero-order valence-corrected chi connectivity index (χ0v) is 19.7. The molecule has 0 spiro atoms. The molecule has 5 rings (SSSR count). The Balaban J connectivity index is 1.34. The summed E-state index contributed by atoms with van der Waals surface area (Å²) in [4.78, 5) is 19.1. The summed E-state index contributed by atoms with van der Waals surface area (Å²) in [5.41, 5.74) is 1.58. The maximum Gasteiger partial charge on any atom is 0.225 e. The number of anilines is 3. The Bertz CT molecular complexity index is 1190. The normalized spacial score (nSPS) is 24.7. The largest absolute Gasteiger partial charge is 0.393 e. The molecule has 0 amide bonds. The Labute approximate surface area is 196 Å². The minimum Gasteiger partial charge on any atom is -0.393 e. The topological polar surface area (TPSA) is 142 Å². The van der Waals surface area contributed by atoms with Crippen LogP contribution >= 0.6 is 11.3 Å². The Kier molecular flexibility index (Phi) is 6.41. The molecule has 4 heterocycles. The molecule has 33 heavy (non-hydrogen) atoms. The summed E-state index contributed by atoms with van der Waals surface area (Å²) in [5, 5.41) is 20.5. The summed E-state index contributed by atoms with van der Waals surface area (Å²) in [6, 6.07) is 5.77. The van der Waals surface area contributed by atoms with E-state index in [1.807, 2.05) is 18.2 Å². The quantitative estimate of drug-likeness (QED) is 0.390. The highest BCUT2D eigenvalue weighted by molar-refractivity contribution is 7.91. The first kappa shape index (κ1) is 22.4. The minimum atomic E-state index is -2.95. The lowest BCUT2D eigenvalue weighted by atomic mass is 9.93. The van der Waals surface area contributed by atoms with Crippen LogP contribution in [0.1, 0.15) is 37.8 Å². The van der Waals surface area contributed by atoms with Gasteiger partial charge in [0.2, 0.25) is 5.95 Å². The lowest BCUT2D eigenvalue weighted by Crippen LogP contribution is -2.31. The first-order chi connectivity index (χ1) is 15.9. The van der Waals surface area contributed by atoms with Crippen LogP contribution in [0.5, 0.6) is 0 Å². The zero-order valence-electron chi connectivity index (χ0n) is 18.1. The van der Waals surface area contributed by atoms with Gasteiger partial charge in [0.05, 0.1) is 23.3 Å². The van der Waals surface area contributed by atoms with Crippen molar-refractivity contribution in [2.45, 2.75) is 56.8 Å². The second-order valence-electron chi connectivity index (χ2n) is 8.67. The third-order valence-electron chi connectivity index (χ3n) is 6.01. The lowest BCUT2D eigenvalue weighted by Gasteiger charge is -2.26. The van der Waals surface area contributed by atoms with E-state index in [0.29, 0.717) is 29.9 Å². The van der Waals surface area contributed by atoms with Crippen LogP contribution < -0.4 is 16.0 Å². The molecule has 1 unspecified atom stereocenters. The molecule has 176 valence electrons. The van der Waals surface area contributed by atoms with Gasteiger partial charge < -0.3 is 21.1 Å². The number of nitrogens with zero attached hydrogens (tertiary/aromatic N) is 4. The highest BCUT2D eigenvalue weighted by Gasteiger charge is 2.27. The van der Waals surface area contributed by atoms with Gasteiger partial charge in [-0.2, -0.15) is 4.98 Å². The van der Waals surface area contributed by atoms with Crippen LogP contribution in [-0.2, 0) is 16.4 Å². The van der Waals surface area contributed by atoms with E-state index < -0.39 is 9.84 Å². The third kappa shape index (κ3) is 5.75. The number of aliphatic hydroxyl groups excluding tert-OH is 1. The van der Waals surface area contributed by atoms with E-state index in [1.165, 1.54) is 11.3 Å². The first-order valence-electron chi connectivity index (χ1n) is 11.2. The molecule has 1 saturated carbocycles. The van der Waals surface area contributed by atoms with Crippen molar-refractivity contribution >= 4 is 48.4 Å². The van der Waals surface area contributed by atoms with Crippen LogP contribution in [0, 0.1) is 0 Å². The van der Waals surface area contributed by atoms with E-state index >= 15 is 0 Å². The molecule has 1 atom stereocenters. The lowest BCUT2D eigenvalue weighted by molar-refractivity contribution is 0.126. The maximum atomic E-state index is 11.8. The van der Waals surface area contributed by atoms with Crippen molar-refractivity contribution in [2.24, 2.45) is 0 Å². The van der Waals surface area contributed by atoms with Gasteiger partial charge in [0, 0.05) is 30.9 Å². The molecule has 3 aromatic rings. The summed E-state index contributed by atoms with van der Waals surface area (Å²) < 4.78 is 23.5. The predicted octanol–water partition coefficient (Wildman–Crippen LogP) is 2.22. The number of hydrogen-bond acceptors (Lipinski definition) is 11. The van der Waals surface area contributed by atoms with Gasteiger partial charge in [0.15, 0.2) is 15.0 Å². The van der Waals surface area contributed by atoms with Crippen LogP contribution in [0.3, 0.4) is 0 Å². The Morgan fingerprint density at radius 3 is 2.70 bits per heavy atom. The molecule has 0 aromatic carbocycles. The SMILES string of the molecule is O=S1(=O)CCC(NCc2cc(Nc3nc4cccnc4s3)nc(N[C@H]3CC[C@H](O)CC3)n2)C1. The van der Waals surface area contributed by atoms with Gasteiger partial charge in [-0.3, -0.25) is 0 Å². The summed E-state index contributed by atoms with van der Waals surface area (Å²) in [5.74, 6) is 1.51. The molecule has 2 fully saturated rings. The van der Waals surface area contributed by atoms with E-state index in [0.717, 1.165) is 41.7 Å². The first-order valence-corrected chi connectivity index (χ1v) is 13.8. The number of sulfone groups is 1. The molecular formula is C21H27N7O3S2. The number of nitrogens with one attached hydrogen (secondary N) is 3. The molecule has 1 aliphatic carbocycles. The fourth-order valence-corrected chi connectivity index (χ4v) is 6.78. The Hall–Kier alpha value is -2.41. The molecule has 1 saturated heterocycles. The van der Waals surface area contributed by atoms with Crippen LogP contribution in [0.4, 0.5) is 16.9 Å². The van der Waals surface area contributed by atoms with Crippen LogP contribution in [0.25, 0.3) is 10.3 Å². The number of aromatic nitrogens is 4. The zero-order chi connectivity index (χ0) is 22.8. The average molecular weight is 490 g/mol. The van der Waals surface area contributed by atoms with Crippen molar-refractivity contribution in [2.75, 3.05) is 22.1 Å². The summed E-state index contributed by atoms with van der Waals surface area (Å²) >= 11 is 1.45. The van der Waals surface area contributed by atoms with Gasteiger partial charge in [-0.1, -0.05) is 11.3 Å². The van der Waals surface area contributed by atoms with E-state index in [-0.39, 0.29) is 29.7 Å². The molecule has 4 N–H and O–H groups in total. The number of aliphatic hydroxyl groups is 1. The fourth-order valence-electron chi connectivity index (χ4n) is 4.26. The molecule has 0 bridgehead atoms. The van der Waals surface area contributed by atoms with Crippen molar-refractivity contribution < 1.29 is 13.5 Å². The van der Waals surface area contributed by atoms with Crippen molar-refractivity contribution in [1.82, 2.24) is 25.3 Å². The number of hydrogen-bond donors (Lipinski definition) is 4. The highest BCUT2D eigenvalue weighted by Crippen LogP contribution is 2.27. The molecule has 0 radical (unpaired) electrons. The van der Waals surface area contributed by atoms with Gasteiger partial charge in [-0.05, 0) is 44.2 Å². The van der Waals surface area contributed by atoms with E-state index in [2.05, 4.69) is 35.9 Å². The molecule has 3 aromatic heterocycles. The van der Waals surface area contributed by atoms with Crippen molar-refractivity contribution in [3.63, 3.8) is 0 Å². The summed E-state index contributed by atoms with van der Waals surface area (Å²) in [7, 11) is -2.95. The third-order valence-corrected chi connectivity index (χ3v) is 8.68. The maximum absolute atomic E-state index is 11.8. The monoisotopic (exact) mass is 489 g/mol. The van der Waals surface area contributed by atoms with Gasteiger partial charge >= 0.3 is 0 Å². The number of thiazole rings is 1. The molecule has 2 aliphatic rings. The van der Waals surface area contributed by atoms with Crippen LogP contribution in [-0.4, -0.2) is 63.2 Å². The summed E-state index contributed by atoms with van der Waals surface area (Å²) in [6.45, 7) is 0.441. The molecule has 12 heteroatoms. The van der Waals surface area contributed by atoms with Crippen molar-refractivity contribution in [3.05, 3.63) is 30.1 Å². The second-order valence-corrected chi connectivity index (χ2v) is 11.9. The van der Waals surface area contributed by atoms with Gasteiger partial charge in [0.1, 0.15) is 16.2 Å². The number of pyridine rings is 1. The van der Waals surface area contributed by atoms with E-state index in [1.54, 1.807) is 6.20 Å². The predicted molar refractivity (Wildman–Crippen MR) is 129 cm³/mol. The van der Waals surface area contributed by atoms with Gasteiger partial charge in [0.25, 0.3) is 0 Å². The number of fused-ring (bicyclic) bond motifs is 1. The van der Waals surface area contributed by atoms with Crippen LogP contribution in [0.15, 0.2) is 24.4 Å². The van der Waals surface area contributed by atoms with Crippen molar-refractivity contribution in [3.8, 4) is 0 Å². The van der Waals surface area contributed by atoms with E-state index in [4.69, 9.17) is 0 Å². The Morgan fingerprint density at radius 2 is 1.94 bits per heavy atom. The van der Waals surface area contributed by atoms with Crippen molar-refractivity contribution in [1.29, 1.82) is 0 Å². The van der Waals surface area contributed by atoms with Gasteiger partial charge in [-0.15, -0.1) is 0 Å². The molecule has 1 aliphatic heterocycles. The minimum absolute atomic E-state index is 0.0621. The van der Waals surface area contributed by atoms with Gasteiger partial charge in [-0.25, -0.2) is 23.4 Å². The summed E-state index contributed by atoms with van der Waals surface area (Å²) in [6.07, 6.45) is 5.38. The van der Waals surface area contributed by atoms with E-state index in [9.17, 15) is 13.5 Å². The fraction of sp³-hybridized carbons (Fsp3) is 0.524.